The molecule has 0 saturated carbocycles. The van der Waals surface area contributed by atoms with Crippen LogP contribution >= 0.6 is 0 Å². The maximum Gasteiger partial charge on any atom is 0.349 e. The molecule has 6 heteroatoms. The molecule has 0 atom stereocenters. The van der Waals surface area contributed by atoms with E-state index in [4.69, 9.17) is 9.47 Å². The van der Waals surface area contributed by atoms with Crippen LogP contribution in [0.2, 0.25) is 0 Å². The van der Waals surface area contributed by atoms with Gasteiger partial charge in [-0.25, -0.2) is 18.0 Å². The Morgan fingerprint density at radius 1 is 0.962 bits per heavy atom. The lowest BCUT2D eigenvalue weighted by molar-refractivity contribution is 0.0724. The quantitative estimate of drug-likeness (QED) is 0.364. The number of carbonyl (C=O) groups is 1. The van der Waals surface area contributed by atoms with Gasteiger partial charge in [-0.3, -0.25) is 0 Å². The molecule has 0 aliphatic carbocycles. The fourth-order valence-electron chi connectivity index (χ4n) is 2.43. The summed E-state index contributed by atoms with van der Waals surface area (Å²) in [5, 5.41) is 0.831. The standard InChI is InChI=1S/C20H13F3O3/c1-2-8-25-14-10-17(22)19(18(23)11-14)20(24)26-13-6-7-15-12(9-13)4-3-5-16(15)21/h2-7,9-11H,1,8H2. The normalized spacial score (nSPS) is 10.6. The summed E-state index contributed by atoms with van der Waals surface area (Å²) in [7, 11) is 0. The lowest BCUT2D eigenvalue weighted by Gasteiger charge is -2.09. The number of benzene rings is 3. The zero-order valence-electron chi connectivity index (χ0n) is 13.5. The van der Waals surface area contributed by atoms with Crippen molar-refractivity contribution < 1.29 is 27.4 Å². The average Bonchev–Trinajstić information content (AvgIpc) is 2.59. The van der Waals surface area contributed by atoms with Crippen LogP contribution in [0.1, 0.15) is 10.4 Å². The second-order valence-electron chi connectivity index (χ2n) is 5.37. The zero-order chi connectivity index (χ0) is 18.7. The summed E-state index contributed by atoms with van der Waals surface area (Å²) in [5.74, 6) is -3.88. The van der Waals surface area contributed by atoms with Gasteiger partial charge >= 0.3 is 5.97 Å². The van der Waals surface area contributed by atoms with E-state index in [9.17, 15) is 18.0 Å². The molecule has 0 amide bonds. The van der Waals surface area contributed by atoms with Gasteiger partial charge in [-0.2, -0.15) is 0 Å². The third-order valence-electron chi connectivity index (χ3n) is 3.60. The number of rotatable bonds is 5. The second kappa shape index (κ2) is 7.31. The minimum absolute atomic E-state index is 0.0406. The topological polar surface area (TPSA) is 35.5 Å². The lowest BCUT2D eigenvalue weighted by Crippen LogP contribution is -2.13. The highest BCUT2D eigenvalue weighted by Crippen LogP contribution is 2.26. The average molecular weight is 358 g/mol. The first-order chi connectivity index (χ1) is 12.5. The molecule has 0 bridgehead atoms. The molecule has 3 aromatic rings. The van der Waals surface area contributed by atoms with E-state index < -0.39 is 29.0 Å². The van der Waals surface area contributed by atoms with E-state index in [-0.39, 0.29) is 18.1 Å². The molecule has 0 aliphatic rings. The molecule has 0 N–H and O–H groups in total. The van der Waals surface area contributed by atoms with Crippen LogP contribution in [0.3, 0.4) is 0 Å². The van der Waals surface area contributed by atoms with Gasteiger partial charge in [-0.1, -0.05) is 24.8 Å². The fraction of sp³-hybridized carbons (Fsp3) is 0.0500. The van der Waals surface area contributed by atoms with Gasteiger partial charge in [0.1, 0.15) is 41.1 Å². The third-order valence-corrected chi connectivity index (χ3v) is 3.60. The van der Waals surface area contributed by atoms with Crippen LogP contribution in [0, 0.1) is 17.5 Å². The van der Waals surface area contributed by atoms with E-state index in [1.807, 2.05) is 0 Å². The highest BCUT2D eigenvalue weighted by molar-refractivity contribution is 5.93. The minimum atomic E-state index is -1.20. The summed E-state index contributed by atoms with van der Waals surface area (Å²) in [4.78, 5) is 12.2. The van der Waals surface area contributed by atoms with Gasteiger partial charge in [0.25, 0.3) is 0 Å². The van der Waals surface area contributed by atoms with Gasteiger partial charge in [0.2, 0.25) is 0 Å². The van der Waals surface area contributed by atoms with Gasteiger partial charge in [0, 0.05) is 17.5 Å². The maximum absolute atomic E-state index is 14.1. The summed E-state index contributed by atoms with van der Waals surface area (Å²) in [6.07, 6.45) is 1.42. The predicted molar refractivity (Wildman–Crippen MR) is 90.9 cm³/mol. The maximum atomic E-state index is 14.1. The van der Waals surface area contributed by atoms with Gasteiger partial charge < -0.3 is 9.47 Å². The molecule has 0 spiro atoms. The Bertz CT molecular complexity index is 976. The van der Waals surface area contributed by atoms with Crippen LogP contribution < -0.4 is 9.47 Å². The second-order valence-corrected chi connectivity index (χ2v) is 5.37. The fourth-order valence-corrected chi connectivity index (χ4v) is 2.43. The van der Waals surface area contributed by atoms with Crippen molar-refractivity contribution in [2.24, 2.45) is 0 Å². The van der Waals surface area contributed by atoms with Gasteiger partial charge in [-0.15, -0.1) is 0 Å². The summed E-state index contributed by atoms with van der Waals surface area (Å²) in [6, 6.07) is 10.4. The predicted octanol–water partition coefficient (Wildman–Crippen LogP) is 5.04. The van der Waals surface area contributed by atoms with Crippen molar-refractivity contribution in [3.05, 3.63) is 84.2 Å². The molecule has 0 unspecified atom stereocenters. The van der Waals surface area contributed by atoms with E-state index in [1.165, 1.54) is 36.4 Å². The molecule has 0 heterocycles. The number of fused-ring (bicyclic) bond motifs is 1. The Kier molecular flexibility index (Phi) is 4.93. The Balaban J connectivity index is 1.87. The number of hydrogen-bond acceptors (Lipinski definition) is 3. The number of ether oxygens (including phenoxy) is 2. The molecule has 0 fully saturated rings. The van der Waals surface area contributed by atoms with Crippen molar-refractivity contribution in [3.8, 4) is 11.5 Å². The number of hydrogen-bond donors (Lipinski definition) is 0. The third kappa shape index (κ3) is 3.54. The van der Waals surface area contributed by atoms with Crippen molar-refractivity contribution in [1.82, 2.24) is 0 Å². The molecule has 132 valence electrons. The van der Waals surface area contributed by atoms with E-state index >= 15 is 0 Å². The van der Waals surface area contributed by atoms with E-state index in [0.29, 0.717) is 10.8 Å². The molecule has 3 rings (SSSR count). The highest BCUT2D eigenvalue weighted by atomic mass is 19.1. The Labute approximate surface area is 147 Å². The number of esters is 1. The van der Waals surface area contributed by atoms with E-state index in [2.05, 4.69) is 6.58 Å². The summed E-state index contributed by atoms with van der Waals surface area (Å²) >= 11 is 0. The highest BCUT2D eigenvalue weighted by Gasteiger charge is 2.21. The molecular formula is C20H13F3O3. The first kappa shape index (κ1) is 17.5. The molecule has 26 heavy (non-hydrogen) atoms. The van der Waals surface area contributed by atoms with Crippen LogP contribution in [0.5, 0.6) is 11.5 Å². The van der Waals surface area contributed by atoms with Crippen molar-refractivity contribution >= 4 is 16.7 Å². The van der Waals surface area contributed by atoms with Gasteiger partial charge in [0.15, 0.2) is 0 Å². The van der Waals surface area contributed by atoms with Crippen molar-refractivity contribution in [3.63, 3.8) is 0 Å². The molecule has 0 aromatic heterocycles. The van der Waals surface area contributed by atoms with E-state index in [0.717, 1.165) is 12.1 Å². The summed E-state index contributed by atoms with van der Waals surface area (Å²) < 4.78 is 51.9. The van der Waals surface area contributed by atoms with Crippen LogP contribution in [0.4, 0.5) is 13.2 Å². The number of carbonyl (C=O) groups excluding carboxylic acids is 1. The summed E-state index contributed by atoms with van der Waals surface area (Å²) in [5.41, 5.74) is -0.838. The van der Waals surface area contributed by atoms with Crippen molar-refractivity contribution in [2.45, 2.75) is 0 Å². The minimum Gasteiger partial charge on any atom is -0.489 e. The van der Waals surface area contributed by atoms with Crippen LogP contribution in [0.15, 0.2) is 61.2 Å². The molecule has 0 saturated heterocycles. The Morgan fingerprint density at radius 3 is 2.38 bits per heavy atom. The smallest absolute Gasteiger partial charge is 0.349 e. The summed E-state index contributed by atoms with van der Waals surface area (Å²) in [6.45, 7) is 3.50. The van der Waals surface area contributed by atoms with Crippen LogP contribution in [-0.2, 0) is 0 Å². The Hall–Kier alpha value is -3.28. The lowest BCUT2D eigenvalue weighted by atomic mass is 10.1. The van der Waals surface area contributed by atoms with Crippen molar-refractivity contribution in [1.29, 1.82) is 0 Å². The van der Waals surface area contributed by atoms with Crippen LogP contribution in [-0.4, -0.2) is 12.6 Å². The first-order valence-electron chi connectivity index (χ1n) is 7.63. The number of halogens is 3. The Morgan fingerprint density at radius 2 is 1.69 bits per heavy atom. The zero-order valence-corrected chi connectivity index (χ0v) is 13.5. The first-order valence-corrected chi connectivity index (χ1v) is 7.63. The molecule has 0 radical (unpaired) electrons. The van der Waals surface area contributed by atoms with Crippen molar-refractivity contribution in [2.75, 3.05) is 6.61 Å². The monoisotopic (exact) mass is 358 g/mol. The molecule has 3 nitrogen and oxygen atoms in total. The molecule has 0 aliphatic heterocycles. The molecular weight excluding hydrogens is 345 g/mol. The van der Waals surface area contributed by atoms with Crippen LogP contribution in [0.25, 0.3) is 10.8 Å². The van der Waals surface area contributed by atoms with E-state index in [1.54, 1.807) is 6.07 Å². The van der Waals surface area contributed by atoms with Gasteiger partial charge in [0.05, 0.1) is 0 Å². The largest absolute Gasteiger partial charge is 0.489 e. The van der Waals surface area contributed by atoms with Gasteiger partial charge in [-0.05, 0) is 29.7 Å². The molecule has 3 aromatic carbocycles. The SMILES string of the molecule is C=CCOc1cc(F)c(C(=O)Oc2ccc3c(F)cccc3c2)c(F)c1.